The van der Waals surface area contributed by atoms with Gasteiger partial charge in [0.15, 0.2) is 17.0 Å². The van der Waals surface area contributed by atoms with Crippen LogP contribution in [0.15, 0.2) is 12.3 Å². The van der Waals surface area contributed by atoms with Gasteiger partial charge in [-0.15, -0.1) is 0 Å². The van der Waals surface area contributed by atoms with E-state index in [0.717, 1.165) is 0 Å². The standard InChI is InChI=1S/C11H11N3O4/c1-6-5-14-8(12-9(6)11(16)18-3)4-7(13-14)10(15)17-2/h4-5H,1-3H3. The van der Waals surface area contributed by atoms with E-state index in [4.69, 9.17) is 0 Å². The highest BCUT2D eigenvalue weighted by Gasteiger charge is 2.16. The Bertz CT molecular complexity index is 632. The lowest BCUT2D eigenvalue weighted by Crippen LogP contribution is -2.08. The Hall–Kier alpha value is -2.44. The third-order valence-corrected chi connectivity index (χ3v) is 2.41. The summed E-state index contributed by atoms with van der Waals surface area (Å²) in [6.07, 6.45) is 1.60. The van der Waals surface area contributed by atoms with Crippen molar-refractivity contribution in [2.45, 2.75) is 6.92 Å². The number of ether oxygens (including phenoxy) is 2. The largest absolute Gasteiger partial charge is 0.464 e. The second-order valence-electron chi connectivity index (χ2n) is 3.59. The summed E-state index contributed by atoms with van der Waals surface area (Å²) >= 11 is 0. The summed E-state index contributed by atoms with van der Waals surface area (Å²) in [6.45, 7) is 1.71. The SMILES string of the molecule is COC(=O)c1cc2nc(C(=O)OC)c(C)cn2n1. The third-order valence-electron chi connectivity index (χ3n) is 2.41. The van der Waals surface area contributed by atoms with E-state index in [1.165, 1.54) is 24.8 Å². The van der Waals surface area contributed by atoms with Gasteiger partial charge in [0.1, 0.15) is 0 Å². The normalized spacial score (nSPS) is 10.4. The van der Waals surface area contributed by atoms with Crippen LogP contribution in [0.1, 0.15) is 26.5 Å². The Labute approximate surface area is 102 Å². The molecule has 0 aliphatic carbocycles. The molecule has 2 rings (SSSR count). The number of rotatable bonds is 2. The van der Waals surface area contributed by atoms with E-state index in [2.05, 4.69) is 19.6 Å². The molecule has 0 aliphatic rings. The van der Waals surface area contributed by atoms with Gasteiger partial charge in [-0.05, 0) is 6.92 Å². The molecule has 0 N–H and O–H groups in total. The molecule has 7 nitrogen and oxygen atoms in total. The minimum Gasteiger partial charge on any atom is -0.464 e. The molecule has 2 aromatic heterocycles. The van der Waals surface area contributed by atoms with E-state index in [-0.39, 0.29) is 11.4 Å². The van der Waals surface area contributed by atoms with Crippen LogP contribution in [0.4, 0.5) is 0 Å². The molecule has 0 aromatic carbocycles. The maximum absolute atomic E-state index is 11.5. The molecule has 18 heavy (non-hydrogen) atoms. The average molecular weight is 249 g/mol. The first-order valence-electron chi connectivity index (χ1n) is 5.10. The Morgan fingerprint density at radius 2 is 1.89 bits per heavy atom. The van der Waals surface area contributed by atoms with Crippen molar-refractivity contribution in [1.82, 2.24) is 14.6 Å². The highest BCUT2D eigenvalue weighted by molar-refractivity contribution is 5.90. The number of carbonyl (C=O) groups is 2. The average Bonchev–Trinajstić information content (AvgIpc) is 2.78. The fourth-order valence-corrected chi connectivity index (χ4v) is 1.52. The van der Waals surface area contributed by atoms with Gasteiger partial charge in [-0.3, -0.25) is 0 Å². The van der Waals surface area contributed by atoms with Crippen LogP contribution < -0.4 is 0 Å². The summed E-state index contributed by atoms with van der Waals surface area (Å²) in [5.41, 5.74) is 1.31. The smallest absolute Gasteiger partial charge is 0.358 e. The molecule has 0 amide bonds. The van der Waals surface area contributed by atoms with E-state index in [0.29, 0.717) is 11.2 Å². The van der Waals surface area contributed by atoms with Crippen molar-refractivity contribution in [3.63, 3.8) is 0 Å². The number of nitrogens with zero attached hydrogens (tertiary/aromatic N) is 3. The van der Waals surface area contributed by atoms with Crippen molar-refractivity contribution in [1.29, 1.82) is 0 Å². The predicted octanol–water partition coefficient (Wildman–Crippen LogP) is 0.611. The monoisotopic (exact) mass is 249 g/mol. The topological polar surface area (TPSA) is 82.8 Å². The van der Waals surface area contributed by atoms with Gasteiger partial charge < -0.3 is 9.47 Å². The van der Waals surface area contributed by atoms with Crippen LogP contribution in [-0.4, -0.2) is 40.8 Å². The van der Waals surface area contributed by atoms with E-state index in [9.17, 15) is 9.59 Å². The fraction of sp³-hybridized carbons (Fsp3) is 0.273. The van der Waals surface area contributed by atoms with Gasteiger partial charge in [0, 0.05) is 17.8 Å². The molecular weight excluding hydrogens is 238 g/mol. The van der Waals surface area contributed by atoms with Crippen LogP contribution in [0.25, 0.3) is 5.65 Å². The van der Waals surface area contributed by atoms with Gasteiger partial charge in [0.25, 0.3) is 0 Å². The van der Waals surface area contributed by atoms with Gasteiger partial charge in [-0.1, -0.05) is 0 Å². The maximum Gasteiger partial charge on any atom is 0.358 e. The molecule has 2 aromatic rings. The van der Waals surface area contributed by atoms with Crippen molar-refractivity contribution in [3.05, 3.63) is 29.2 Å². The number of fused-ring (bicyclic) bond motifs is 1. The van der Waals surface area contributed by atoms with Crippen molar-refractivity contribution in [2.24, 2.45) is 0 Å². The van der Waals surface area contributed by atoms with E-state index in [1.807, 2.05) is 0 Å². The first-order chi connectivity index (χ1) is 8.56. The van der Waals surface area contributed by atoms with Gasteiger partial charge in [0.2, 0.25) is 0 Å². The lowest BCUT2D eigenvalue weighted by molar-refractivity contribution is 0.0584. The van der Waals surface area contributed by atoms with E-state index >= 15 is 0 Å². The Balaban J connectivity index is 2.57. The molecule has 94 valence electrons. The minimum absolute atomic E-state index is 0.131. The van der Waals surface area contributed by atoms with Gasteiger partial charge in [0.05, 0.1) is 14.2 Å². The first kappa shape index (κ1) is 12.0. The van der Waals surface area contributed by atoms with Crippen LogP contribution >= 0.6 is 0 Å². The zero-order chi connectivity index (χ0) is 13.3. The second-order valence-corrected chi connectivity index (χ2v) is 3.59. The quantitative estimate of drug-likeness (QED) is 0.725. The number of carbonyl (C=O) groups excluding carboxylic acids is 2. The molecule has 0 unspecified atom stereocenters. The summed E-state index contributed by atoms with van der Waals surface area (Å²) in [6, 6.07) is 1.44. The summed E-state index contributed by atoms with van der Waals surface area (Å²) in [5.74, 6) is -1.09. The van der Waals surface area contributed by atoms with Crippen LogP contribution in [0, 0.1) is 6.92 Å². The van der Waals surface area contributed by atoms with Crippen molar-refractivity contribution in [3.8, 4) is 0 Å². The van der Waals surface area contributed by atoms with Crippen LogP contribution in [0.3, 0.4) is 0 Å². The highest BCUT2D eigenvalue weighted by Crippen LogP contribution is 2.11. The fourth-order valence-electron chi connectivity index (χ4n) is 1.52. The van der Waals surface area contributed by atoms with Crippen molar-refractivity contribution >= 4 is 17.6 Å². The minimum atomic E-state index is -0.558. The summed E-state index contributed by atoms with van der Waals surface area (Å²) in [7, 11) is 2.55. The molecule has 2 heterocycles. The molecule has 0 spiro atoms. The summed E-state index contributed by atoms with van der Waals surface area (Å²) < 4.78 is 10.6. The highest BCUT2D eigenvalue weighted by atomic mass is 16.5. The van der Waals surface area contributed by atoms with Gasteiger partial charge in [-0.2, -0.15) is 5.10 Å². The molecule has 0 saturated carbocycles. The van der Waals surface area contributed by atoms with E-state index < -0.39 is 11.9 Å². The third kappa shape index (κ3) is 1.90. The molecule has 0 fully saturated rings. The zero-order valence-electron chi connectivity index (χ0n) is 10.1. The van der Waals surface area contributed by atoms with Crippen molar-refractivity contribution in [2.75, 3.05) is 14.2 Å². The Morgan fingerprint density at radius 1 is 1.22 bits per heavy atom. The summed E-state index contributed by atoms with van der Waals surface area (Å²) in [4.78, 5) is 26.9. The van der Waals surface area contributed by atoms with Crippen LogP contribution in [0.2, 0.25) is 0 Å². The Morgan fingerprint density at radius 3 is 2.50 bits per heavy atom. The number of hydrogen-bond donors (Lipinski definition) is 0. The molecule has 0 bridgehead atoms. The lowest BCUT2D eigenvalue weighted by atomic mass is 10.2. The predicted molar refractivity (Wildman–Crippen MR) is 60.4 cm³/mol. The molecule has 0 radical (unpaired) electrons. The zero-order valence-corrected chi connectivity index (χ0v) is 10.1. The molecule has 0 saturated heterocycles. The molecule has 7 heteroatoms. The first-order valence-corrected chi connectivity index (χ1v) is 5.10. The maximum atomic E-state index is 11.5. The van der Waals surface area contributed by atoms with Crippen molar-refractivity contribution < 1.29 is 19.1 Å². The molecular formula is C11H11N3O4. The lowest BCUT2D eigenvalue weighted by Gasteiger charge is -2.02. The number of aromatic nitrogens is 3. The van der Waals surface area contributed by atoms with Gasteiger partial charge in [-0.25, -0.2) is 19.1 Å². The van der Waals surface area contributed by atoms with Crippen LogP contribution in [0.5, 0.6) is 0 Å². The number of esters is 2. The second kappa shape index (κ2) is 4.44. The van der Waals surface area contributed by atoms with Crippen LogP contribution in [-0.2, 0) is 9.47 Å². The Kier molecular flexibility index (Phi) is 2.97. The molecule has 0 atom stereocenters. The number of methoxy groups -OCH3 is 2. The molecule has 0 aliphatic heterocycles. The number of hydrogen-bond acceptors (Lipinski definition) is 6. The number of aryl methyl sites for hydroxylation is 1. The van der Waals surface area contributed by atoms with Gasteiger partial charge >= 0.3 is 11.9 Å². The van der Waals surface area contributed by atoms with E-state index in [1.54, 1.807) is 13.1 Å². The summed E-state index contributed by atoms with van der Waals surface area (Å²) in [5, 5.41) is 4.00.